The third kappa shape index (κ3) is 3.12. The molecule has 8 heteroatoms. The van der Waals surface area contributed by atoms with Gasteiger partial charge < -0.3 is 14.9 Å². The molecule has 1 N–H and O–H groups in total. The zero-order valence-corrected chi connectivity index (χ0v) is 10.1. The van der Waals surface area contributed by atoms with Crippen molar-refractivity contribution in [3.63, 3.8) is 0 Å². The minimum atomic E-state index is -4.91. The minimum Gasteiger partial charge on any atom is -0.481 e. The number of amides is 1. The molecule has 0 spiro atoms. The van der Waals surface area contributed by atoms with Crippen molar-refractivity contribution in [1.29, 1.82) is 0 Å². The Hall–Kier alpha value is -1.31. The van der Waals surface area contributed by atoms with Crippen LogP contribution in [0, 0.1) is 5.92 Å². The Morgan fingerprint density at radius 1 is 1.33 bits per heavy atom. The summed E-state index contributed by atoms with van der Waals surface area (Å²) in [6.45, 7) is -0.401. The van der Waals surface area contributed by atoms with Gasteiger partial charge in [0.05, 0.1) is 5.92 Å². The number of piperidine rings is 1. The highest BCUT2D eigenvalue weighted by atomic mass is 19.4. The van der Waals surface area contributed by atoms with E-state index in [-0.39, 0.29) is 19.5 Å². The molecule has 0 aliphatic carbocycles. The van der Waals surface area contributed by atoms with Gasteiger partial charge in [-0.2, -0.15) is 13.2 Å². The van der Waals surface area contributed by atoms with Crippen molar-refractivity contribution in [1.82, 2.24) is 9.80 Å². The van der Waals surface area contributed by atoms with Crippen molar-refractivity contribution in [3.8, 4) is 0 Å². The van der Waals surface area contributed by atoms with Crippen LogP contribution in [0.15, 0.2) is 0 Å². The predicted molar refractivity (Wildman–Crippen MR) is 55.9 cm³/mol. The largest absolute Gasteiger partial charge is 0.481 e. The first kappa shape index (κ1) is 14.7. The molecule has 1 amide bonds. The Kier molecular flexibility index (Phi) is 4.20. The Bertz CT molecular complexity index is 344. The number of alkyl halides is 3. The van der Waals surface area contributed by atoms with E-state index in [0.29, 0.717) is 4.90 Å². The van der Waals surface area contributed by atoms with Crippen LogP contribution < -0.4 is 0 Å². The number of aliphatic carboxylic acids is 1. The van der Waals surface area contributed by atoms with Gasteiger partial charge in [-0.1, -0.05) is 0 Å². The van der Waals surface area contributed by atoms with Crippen molar-refractivity contribution in [2.24, 2.45) is 5.92 Å². The van der Waals surface area contributed by atoms with Crippen molar-refractivity contribution in [2.75, 3.05) is 27.2 Å². The molecule has 18 heavy (non-hydrogen) atoms. The lowest BCUT2D eigenvalue weighted by molar-refractivity contribution is -0.188. The standard InChI is InChI=1S/C10H15F3N2O3/c1-14(2)7-5-15(9(18)10(11,12)13)4-3-6(7)8(16)17/h6-7H,3-5H2,1-2H3,(H,16,17)/t6-,7+/m0/s1. The van der Waals surface area contributed by atoms with Gasteiger partial charge in [-0.3, -0.25) is 9.59 Å². The quantitative estimate of drug-likeness (QED) is 0.788. The number of rotatable bonds is 2. The van der Waals surface area contributed by atoms with E-state index < -0.39 is 30.0 Å². The van der Waals surface area contributed by atoms with Crippen LogP contribution in [0.5, 0.6) is 0 Å². The molecule has 104 valence electrons. The zero-order chi connectivity index (χ0) is 14.1. The van der Waals surface area contributed by atoms with Gasteiger partial charge in [0.1, 0.15) is 0 Å². The molecule has 1 rings (SSSR count). The topological polar surface area (TPSA) is 60.9 Å². The molecule has 2 atom stereocenters. The molecular formula is C10H15F3N2O3. The fraction of sp³-hybridized carbons (Fsp3) is 0.800. The lowest BCUT2D eigenvalue weighted by Crippen LogP contribution is -2.56. The molecule has 0 radical (unpaired) electrons. The molecular weight excluding hydrogens is 253 g/mol. The number of hydrogen-bond donors (Lipinski definition) is 1. The Morgan fingerprint density at radius 2 is 1.89 bits per heavy atom. The normalized spacial score (nSPS) is 25.3. The number of likely N-dealkylation sites (N-methyl/N-ethyl adjacent to an activating group) is 1. The summed E-state index contributed by atoms with van der Waals surface area (Å²) >= 11 is 0. The summed E-state index contributed by atoms with van der Waals surface area (Å²) in [5.74, 6) is -3.71. The first-order valence-corrected chi connectivity index (χ1v) is 5.40. The van der Waals surface area contributed by atoms with E-state index in [4.69, 9.17) is 5.11 Å². The summed E-state index contributed by atoms with van der Waals surface area (Å²) in [5.41, 5.74) is 0. The average molecular weight is 268 g/mol. The second-order valence-electron chi connectivity index (χ2n) is 4.51. The van der Waals surface area contributed by atoms with Gasteiger partial charge >= 0.3 is 18.1 Å². The van der Waals surface area contributed by atoms with Crippen LogP contribution in [-0.2, 0) is 9.59 Å². The number of carboxylic acids is 1. The molecule has 1 heterocycles. The van der Waals surface area contributed by atoms with E-state index in [1.54, 1.807) is 14.1 Å². The number of carbonyl (C=O) groups is 2. The summed E-state index contributed by atoms with van der Waals surface area (Å²) in [4.78, 5) is 24.3. The van der Waals surface area contributed by atoms with Crippen LogP contribution in [-0.4, -0.2) is 66.2 Å². The zero-order valence-electron chi connectivity index (χ0n) is 10.1. The van der Waals surface area contributed by atoms with Crippen LogP contribution in [0.1, 0.15) is 6.42 Å². The molecule has 1 aliphatic heterocycles. The maximum atomic E-state index is 12.3. The molecule has 0 bridgehead atoms. The molecule has 0 aromatic rings. The first-order chi connectivity index (χ1) is 8.14. The third-order valence-corrected chi connectivity index (χ3v) is 3.09. The molecule has 0 saturated carbocycles. The SMILES string of the molecule is CN(C)[C@@H]1CN(C(=O)C(F)(F)F)CC[C@@H]1C(=O)O. The fourth-order valence-corrected chi connectivity index (χ4v) is 2.11. The summed E-state index contributed by atoms with van der Waals surface area (Å²) in [6, 6.07) is -0.609. The Morgan fingerprint density at radius 3 is 2.28 bits per heavy atom. The summed E-state index contributed by atoms with van der Waals surface area (Å²) in [6.07, 6.45) is -4.88. The van der Waals surface area contributed by atoms with Gasteiger partial charge in [-0.05, 0) is 20.5 Å². The summed E-state index contributed by atoms with van der Waals surface area (Å²) in [7, 11) is 3.17. The lowest BCUT2D eigenvalue weighted by Gasteiger charge is -2.40. The fourth-order valence-electron chi connectivity index (χ4n) is 2.11. The summed E-state index contributed by atoms with van der Waals surface area (Å²) in [5, 5.41) is 8.99. The van der Waals surface area contributed by atoms with Crippen molar-refractivity contribution in [3.05, 3.63) is 0 Å². The number of likely N-dealkylation sites (tertiary alicyclic amines) is 1. The number of nitrogens with zero attached hydrogens (tertiary/aromatic N) is 2. The predicted octanol–water partition coefficient (Wildman–Crippen LogP) is 0.412. The van der Waals surface area contributed by atoms with Crippen LogP contribution >= 0.6 is 0 Å². The van der Waals surface area contributed by atoms with Crippen molar-refractivity contribution >= 4 is 11.9 Å². The maximum absolute atomic E-state index is 12.3. The van der Waals surface area contributed by atoms with E-state index in [2.05, 4.69) is 0 Å². The smallest absolute Gasteiger partial charge is 0.471 e. The highest BCUT2D eigenvalue weighted by Crippen LogP contribution is 2.26. The molecule has 0 aromatic heterocycles. The van der Waals surface area contributed by atoms with Crippen LogP contribution in [0.25, 0.3) is 0 Å². The van der Waals surface area contributed by atoms with Gasteiger partial charge in [0.2, 0.25) is 0 Å². The lowest BCUT2D eigenvalue weighted by atomic mass is 9.91. The van der Waals surface area contributed by atoms with E-state index in [1.165, 1.54) is 4.90 Å². The highest BCUT2D eigenvalue weighted by Gasteiger charge is 2.46. The van der Waals surface area contributed by atoms with E-state index >= 15 is 0 Å². The molecule has 0 aromatic carbocycles. The van der Waals surface area contributed by atoms with Crippen LogP contribution in [0.3, 0.4) is 0 Å². The van der Waals surface area contributed by atoms with Gasteiger partial charge in [-0.15, -0.1) is 0 Å². The maximum Gasteiger partial charge on any atom is 0.471 e. The average Bonchev–Trinajstić information content (AvgIpc) is 2.25. The Labute approximate surface area is 102 Å². The number of halogens is 3. The second kappa shape index (κ2) is 5.13. The monoisotopic (exact) mass is 268 g/mol. The van der Waals surface area contributed by atoms with Crippen molar-refractivity contribution < 1.29 is 27.9 Å². The van der Waals surface area contributed by atoms with Crippen LogP contribution in [0.4, 0.5) is 13.2 Å². The van der Waals surface area contributed by atoms with Crippen molar-refractivity contribution in [2.45, 2.75) is 18.6 Å². The van der Waals surface area contributed by atoms with Crippen LogP contribution in [0.2, 0.25) is 0 Å². The molecule has 0 unspecified atom stereocenters. The highest BCUT2D eigenvalue weighted by molar-refractivity contribution is 5.82. The van der Waals surface area contributed by atoms with E-state index in [9.17, 15) is 22.8 Å². The van der Waals surface area contributed by atoms with Gasteiger partial charge in [0.25, 0.3) is 0 Å². The number of hydrogen-bond acceptors (Lipinski definition) is 3. The summed E-state index contributed by atoms with van der Waals surface area (Å²) < 4.78 is 36.9. The third-order valence-electron chi connectivity index (χ3n) is 3.09. The van der Waals surface area contributed by atoms with E-state index in [1.807, 2.05) is 0 Å². The number of carboxylic acid groups (broad SMARTS) is 1. The van der Waals surface area contributed by atoms with Gasteiger partial charge in [-0.25, -0.2) is 0 Å². The molecule has 1 saturated heterocycles. The first-order valence-electron chi connectivity index (χ1n) is 5.40. The van der Waals surface area contributed by atoms with Gasteiger partial charge in [0, 0.05) is 19.1 Å². The number of carbonyl (C=O) groups excluding carboxylic acids is 1. The molecule has 1 aliphatic rings. The van der Waals surface area contributed by atoms with Gasteiger partial charge in [0.15, 0.2) is 0 Å². The minimum absolute atomic E-state index is 0.0278. The molecule has 1 fully saturated rings. The Balaban J connectivity index is 2.81. The molecule has 5 nitrogen and oxygen atoms in total. The van der Waals surface area contributed by atoms with E-state index in [0.717, 1.165) is 0 Å². The second-order valence-corrected chi connectivity index (χ2v) is 4.51.